The zero-order valence-corrected chi connectivity index (χ0v) is 17.6. The second-order valence-electron chi connectivity index (χ2n) is 6.77. The minimum atomic E-state index is -0.342. The molecular weight excluding hydrogens is 442 g/mol. The van der Waals surface area contributed by atoms with Crippen molar-refractivity contribution in [1.82, 2.24) is 19.2 Å². The molecule has 9 heteroatoms. The van der Waals surface area contributed by atoms with Crippen LogP contribution in [0, 0.1) is 0 Å². The van der Waals surface area contributed by atoms with Crippen LogP contribution in [0.15, 0.2) is 51.0 Å². The Labute approximate surface area is 174 Å². The molecule has 2 aromatic heterocycles. The van der Waals surface area contributed by atoms with Crippen molar-refractivity contribution in [2.75, 3.05) is 5.32 Å². The maximum Gasteiger partial charge on any atom is 0.350 e. The van der Waals surface area contributed by atoms with Gasteiger partial charge in [0, 0.05) is 22.1 Å². The standard InChI is InChI=1S/C19H20BrN5O2S/c20-14-8-4-5-9-15(14)22-16(26)12-25-19(27)24-11-10-21-18(17(24)23-25)28-13-6-2-1-3-7-13/h4-5,8-11,13H,1-3,6-7,12H2,(H,22,26). The van der Waals surface area contributed by atoms with Gasteiger partial charge in [0.2, 0.25) is 5.91 Å². The van der Waals surface area contributed by atoms with Crippen LogP contribution in [-0.2, 0) is 11.3 Å². The molecule has 2 heterocycles. The second-order valence-corrected chi connectivity index (χ2v) is 8.92. The van der Waals surface area contributed by atoms with Gasteiger partial charge in [-0.05, 0) is 40.9 Å². The molecule has 1 aliphatic rings. The topological polar surface area (TPSA) is 81.3 Å². The number of carbonyl (C=O) groups excluding carboxylic acids is 1. The summed E-state index contributed by atoms with van der Waals surface area (Å²) in [6.07, 6.45) is 9.29. The van der Waals surface area contributed by atoms with E-state index in [0.29, 0.717) is 16.6 Å². The van der Waals surface area contributed by atoms with E-state index >= 15 is 0 Å². The van der Waals surface area contributed by atoms with E-state index < -0.39 is 0 Å². The lowest BCUT2D eigenvalue weighted by atomic mass is 10.0. The minimum absolute atomic E-state index is 0.157. The number of anilines is 1. The number of halogens is 1. The fourth-order valence-corrected chi connectivity index (χ4v) is 4.98. The summed E-state index contributed by atoms with van der Waals surface area (Å²) in [5.74, 6) is -0.313. The minimum Gasteiger partial charge on any atom is -0.323 e. The zero-order valence-electron chi connectivity index (χ0n) is 15.2. The van der Waals surface area contributed by atoms with Crippen molar-refractivity contribution in [2.45, 2.75) is 48.9 Å². The Bertz CT molecular complexity index is 1060. The lowest BCUT2D eigenvalue weighted by molar-refractivity contribution is -0.117. The molecule has 1 aromatic carbocycles. The number of fused-ring (bicyclic) bond motifs is 1. The molecule has 7 nitrogen and oxygen atoms in total. The van der Waals surface area contributed by atoms with Gasteiger partial charge in [-0.3, -0.25) is 4.79 Å². The molecule has 4 rings (SSSR count). The van der Waals surface area contributed by atoms with Crippen LogP contribution < -0.4 is 11.0 Å². The zero-order chi connectivity index (χ0) is 19.5. The number of thioether (sulfide) groups is 1. The Morgan fingerprint density at radius 1 is 1.25 bits per heavy atom. The van der Waals surface area contributed by atoms with Gasteiger partial charge in [0.1, 0.15) is 11.6 Å². The van der Waals surface area contributed by atoms with Gasteiger partial charge in [-0.25, -0.2) is 18.9 Å². The number of benzene rings is 1. The summed E-state index contributed by atoms with van der Waals surface area (Å²) in [4.78, 5) is 29.5. The van der Waals surface area contributed by atoms with E-state index in [4.69, 9.17) is 0 Å². The number of nitrogens with zero attached hydrogens (tertiary/aromatic N) is 4. The van der Waals surface area contributed by atoms with Crippen LogP contribution in [0.5, 0.6) is 0 Å². The number of hydrogen-bond donors (Lipinski definition) is 1. The molecule has 0 bridgehead atoms. The third-order valence-electron chi connectivity index (χ3n) is 4.74. The van der Waals surface area contributed by atoms with E-state index in [0.717, 1.165) is 22.3 Å². The first-order chi connectivity index (χ1) is 13.6. The Balaban J connectivity index is 1.55. The van der Waals surface area contributed by atoms with Crippen molar-refractivity contribution in [1.29, 1.82) is 0 Å². The quantitative estimate of drug-likeness (QED) is 0.625. The largest absolute Gasteiger partial charge is 0.350 e. The van der Waals surface area contributed by atoms with E-state index in [9.17, 15) is 9.59 Å². The molecule has 28 heavy (non-hydrogen) atoms. The summed E-state index contributed by atoms with van der Waals surface area (Å²) >= 11 is 5.08. The van der Waals surface area contributed by atoms with E-state index in [2.05, 4.69) is 31.3 Å². The van der Waals surface area contributed by atoms with E-state index in [1.807, 2.05) is 18.2 Å². The molecule has 0 aliphatic heterocycles. The monoisotopic (exact) mass is 461 g/mol. The molecule has 1 saturated carbocycles. The predicted octanol–water partition coefficient (Wildman–Crippen LogP) is 3.72. The molecule has 0 saturated heterocycles. The van der Waals surface area contributed by atoms with Gasteiger partial charge < -0.3 is 5.32 Å². The molecule has 1 N–H and O–H groups in total. The molecule has 1 fully saturated rings. The third-order valence-corrected chi connectivity index (χ3v) is 6.75. The molecule has 0 atom stereocenters. The van der Waals surface area contributed by atoms with Crippen molar-refractivity contribution in [3.05, 3.63) is 51.6 Å². The highest BCUT2D eigenvalue weighted by atomic mass is 79.9. The highest BCUT2D eigenvalue weighted by Crippen LogP contribution is 2.33. The van der Waals surface area contributed by atoms with Crippen molar-refractivity contribution in [3.63, 3.8) is 0 Å². The lowest BCUT2D eigenvalue weighted by Gasteiger charge is -2.20. The molecule has 1 aliphatic carbocycles. The highest BCUT2D eigenvalue weighted by Gasteiger charge is 2.20. The van der Waals surface area contributed by atoms with Gasteiger partial charge in [-0.1, -0.05) is 43.2 Å². The smallest absolute Gasteiger partial charge is 0.323 e. The number of para-hydroxylation sites is 1. The average molecular weight is 462 g/mol. The summed E-state index contributed by atoms with van der Waals surface area (Å²) in [7, 11) is 0. The number of hydrogen-bond acceptors (Lipinski definition) is 5. The van der Waals surface area contributed by atoms with Gasteiger partial charge in [0.05, 0.1) is 5.69 Å². The first-order valence-corrected chi connectivity index (χ1v) is 10.9. The number of amides is 1. The van der Waals surface area contributed by atoms with Crippen LogP contribution in [0.1, 0.15) is 32.1 Å². The second kappa shape index (κ2) is 8.48. The highest BCUT2D eigenvalue weighted by molar-refractivity contribution is 9.10. The van der Waals surface area contributed by atoms with E-state index in [-0.39, 0.29) is 18.1 Å². The van der Waals surface area contributed by atoms with Crippen LogP contribution >= 0.6 is 27.7 Å². The van der Waals surface area contributed by atoms with Gasteiger partial charge in [0.25, 0.3) is 0 Å². The van der Waals surface area contributed by atoms with Gasteiger partial charge in [-0.15, -0.1) is 5.10 Å². The first-order valence-electron chi connectivity index (χ1n) is 9.27. The summed E-state index contributed by atoms with van der Waals surface area (Å²) in [5, 5.41) is 8.44. The summed E-state index contributed by atoms with van der Waals surface area (Å²) in [6.45, 7) is -0.157. The van der Waals surface area contributed by atoms with E-state index in [1.54, 1.807) is 30.2 Å². The first kappa shape index (κ1) is 19.2. The average Bonchev–Trinajstić information content (AvgIpc) is 3.01. The van der Waals surface area contributed by atoms with Gasteiger partial charge in [0.15, 0.2) is 5.65 Å². The number of nitrogens with one attached hydrogen (secondary N) is 1. The maximum absolute atomic E-state index is 12.7. The lowest BCUT2D eigenvalue weighted by Crippen LogP contribution is -2.28. The van der Waals surface area contributed by atoms with Gasteiger partial charge in [-0.2, -0.15) is 0 Å². The van der Waals surface area contributed by atoms with Crippen molar-refractivity contribution >= 4 is 44.9 Å². The van der Waals surface area contributed by atoms with Crippen LogP contribution in [0.25, 0.3) is 5.65 Å². The normalized spacial score (nSPS) is 15.0. The Morgan fingerprint density at radius 2 is 2.04 bits per heavy atom. The third kappa shape index (κ3) is 4.15. The maximum atomic E-state index is 12.7. The Kier molecular flexibility index (Phi) is 5.82. The molecule has 0 spiro atoms. The van der Waals surface area contributed by atoms with Crippen molar-refractivity contribution in [2.24, 2.45) is 0 Å². The van der Waals surface area contributed by atoms with E-state index in [1.165, 1.54) is 28.3 Å². The molecule has 146 valence electrons. The van der Waals surface area contributed by atoms with Crippen molar-refractivity contribution in [3.8, 4) is 0 Å². The van der Waals surface area contributed by atoms with Crippen molar-refractivity contribution < 1.29 is 4.79 Å². The number of rotatable bonds is 5. The van der Waals surface area contributed by atoms with Crippen LogP contribution in [-0.4, -0.2) is 30.3 Å². The Hall–Kier alpha value is -2.13. The van der Waals surface area contributed by atoms with Crippen LogP contribution in [0.2, 0.25) is 0 Å². The fourth-order valence-electron chi connectivity index (χ4n) is 3.34. The van der Waals surface area contributed by atoms with Crippen LogP contribution in [0.4, 0.5) is 5.69 Å². The molecule has 0 unspecified atom stereocenters. The predicted molar refractivity (Wildman–Crippen MR) is 113 cm³/mol. The molecule has 0 radical (unpaired) electrons. The molecule has 3 aromatic rings. The summed E-state index contributed by atoms with van der Waals surface area (Å²) in [5.41, 5.74) is 0.821. The van der Waals surface area contributed by atoms with Crippen LogP contribution in [0.3, 0.4) is 0 Å². The molecule has 1 amide bonds. The Morgan fingerprint density at radius 3 is 2.82 bits per heavy atom. The summed E-state index contributed by atoms with van der Waals surface area (Å²) < 4.78 is 3.43. The van der Waals surface area contributed by atoms with Gasteiger partial charge >= 0.3 is 5.69 Å². The number of aromatic nitrogens is 4. The number of carbonyl (C=O) groups is 1. The fraction of sp³-hybridized carbons (Fsp3) is 0.368. The molecular formula is C19H20BrN5O2S. The summed E-state index contributed by atoms with van der Waals surface area (Å²) in [6, 6.07) is 7.33. The SMILES string of the molecule is O=C(Cn1nc2c(SC3CCCCC3)nccn2c1=O)Nc1ccccc1Br.